The molecular formula is C18H25N5O2S. The van der Waals surface area contributed by atoms with Gasteiger partial charge in [0.15, 0.2) is 11.0 Å². The average molecular weight is 375 g/mol. The van der Waals surface area contributed by atoms with Crippen molar-refractivity contribution in [3.8, 4) is 0 Å². The summed E-state index contributed by atoms with van der Waals surface area (Å²) in [5, 5.41) is 12.7. The largest absolute Gasteiger partial charge is 0.378 e. The van der Waals surface area contributed by atoms with Crippen LogP contribution in [-0.2, 0) is 22.6 Å². The Morgan fingerprint density at radius 1 is 1.42 bits per heavy atom. The molecule has 1 amide bonds. The molecule has 2 heterocycles. The van der Waals surface area contributed by atoms with Crippen LogP contribution < -0.4 is 11.1 Å². The number of carbonyl (C=O) groups is 1. The first-order valence-electron chi connectivity index (χ1n) is 8.79. The maximum absolute atomic E-state index is 11.1. The molecule has 1 atom stereocenters. The number of primary amides is 1. The third-order valence-corrected chi connectivity index (χ3v) is 5.36. The van der Waals surface area contributed by atoms with Gasteiger partial charge in [0, 0.05) is 12.3 Å². The minimum Gasteiger partial charge on any atom is -0.378 e. The number of aryl methyl sites for hydroxylation is 2. The number of carbonyl (C=O) groups excluding carboxylic acids is 1. The van der Waals surface area contributed by atoms with E-state index in [1.807, 2.05) is 4.57 Å². The quantitative estimate of drug-likeness (QED) is 0.687. The van der Waals surface area contributed by atoms with Gasteiger partial charge in [0.25, 0.3) is 0 Å². The highest BCUT2D eigenvalue weighted by Gasteiger charge is 2.21. The molecule has 0 aliphatic carbocycles. The summed E-state index contributed by atoms with van der Waals surface area (Å²) in [7, 11) is 0. The van der Waals surface area contributed by atoms with E-state index in [4.69, 9.17) is 10.5 Å². The summed E-state index contributed by atoms with van der Waals surface area (Å²) < 4.78 is 7.80. The Bertz CT molecular complexity index is 771. The highest BCUT2D eigenvalue weighted by Crippen LogP contribution is 2.22. The molecule has 0 bridgehead atoms. The molecule has 140 valence electrons. The van der Waals surface area contributed by atoms with E-state index in [1.165, 1.54) is 22.9 Å². The Morgan fingerprint density at radius 3 is 2.96 bits per heavy atom. The Labute approximate surface area is 157 Å². The zero-order valence-electron chi connectivity index (χ0n) is 15.2. The van der Waals surface area contributed by atoms with Gasteiger partial charge >= 0.3 is 0 Å². The van der Waals surface area contributed by atoms with Crippen LogP contribution in [0.25, 0.3) is 0 Å². The predicted molar refractivity (Wildman–Crippen MR) is 102 cm³/mol. The van der Waals surface area contributed by atoms with E-state index >= 15 is 0 Å². The van der Waals surface area contributed by atoms with Gasteiger partial charge in [-0.3, -0.25) is 4.79 Å². The maximum atomic E-state index is 11.1. The summed E-state index contributed by atoms with van der Waals surface area (Å²) in [6.07, 6.45) is 2.27. The highest BCUT2D eigenvalue weighted by molar-refractivity contribution is 7.99. The molecule has 1 aliphatic heterocycles. The van der Waals surface area contributed by atoms with Crippen molar-refractivity contribution in [2.75, 3.05) is 17.7 Å². The Morgan fingerprint density at radius 2 is 2.27 bits per heavy atom. The van der Waals surface area contributed by atoms with E-state index in [2.05, 4.69) is 47.6 Å². The van der Waals surface area contributed by atoms with Gasteiger partial charge in [-0.2, -0.15) is 0 Å². The second-order valence-corrected chi connectivity index (χ2v) is 7.51. The van der Waals surface area contributed by atoms with Crippen LogP contribution in [0.15, 0.2) is 23.4 Å². The number of thioether (sulfide) groups is 1. The van der Waals surface area contributed by atoms with Crippen LogP contribution in [0.5, 0.6) is 0 Å². The van der Waals surface area contributed by atoms with Crippen LogP contribution in [0.3, 0.4) is 0 Å². The lowest BCUT2D eigenvalue weighted by Crippen LogP contribution is -2.20. The molecule has 1 aromatic carbocycles. The molecule has 1 saturated heterocycles. The number of nitrogens with zero attached hydrogens (tertiary/aromatic N) is 3. The van der Waals surface area contributed by atoms with Crippen molar-refractivity contribution in [2.24, 2.45) is 5.73 Å². The lowest BCUT2D eigenvalue weighted by atomic mass is 10.1. The summed E-state index contributed by atoms with van der Waals surface area (Å²) in [5.74, 6) is 0.651. The van der Waals surface area contributed by atoms with Crippen molar-refractivity contribution >= 4 is 23.4 Å². The third-order valence-electron chi connectivity index (χ3n) is 4.37. The molecule has 8 heteroatoms. The second kappa shape index (κ2) is 8.55. The van der Waals surface area contributed by atoms with Gasteiger partial charge in [0.05, 0.1) is 24.9 Å². The van der Waals surface area contributed by atoms with E-state index < -0.39 is 0 Å². The Balaban J connectivity index is 1.74. The molecule has 3 rings (SSSR count). The molecule has 7 nitrogen and oxygen atoms in total. The average Bonchev–Trinajstić information content (AvgIpc) is 3.23. The minimum atomic E-state index is -0.364. The first kappa shape index (κ1) is 18.7. The minimum absolute atomic E-state index is 0.166. The van der Waals surface area contributed by atoms with Gasteiger partial charge in [-0.1, -0.05) is 29.5 Å². The van der Waals surface area contributed by atoms with Gasteiger partial charge in [0.2, 0.25) is 5.91 Å². The number of amides is 1. The number of hydrogen-bond donors (Lipinski definition) is 2. The fourth-order valence-corrected chi connectivity index (χ4v) is 3.76. The van der Waals surface area contributed by atoms with E-state index in [1.54, 1.807) is 0 Å². The Hall–Kier alpha value is -2.06. The number of aromatic nitrogens is 3. The van der Waals surface area contributed by atoms with Crippen molar-refractivity contribution in [3.05, 3.63) is 35.2 Å². The summed E-state index contributed by atoms with van der Waals surface area (Å²) in [6.45, 7) is 6.21. The second-order valence-electron chi connectivity index (χ2n) is 6.57. The van der Waals surface area contributed by atoms with Crippen molar-refractivity contribution in [2.45, 2.75) is 51.0 Å². The maximum Gasteiger partial charge on any atom is 0.227 e. The van der Waals surface area contributed by atoms with E-state index in [-0.39, 0.29) is 17.8 Å². The molecular weight excluding hydrogens is 350 g/mol. The first-order chi connectivity index (χ1) is 12.5. The lowest BCUT2D eigenvalue weighted by Gasteiger charge is -2.15. The predicted octanol–water partition coefficient (Wildman–Crippen LogP) is 2.26. The topological polar surface area (TPSA) is 95.1 Å². The zero-order chi connectivity index (χ0) is 18.5. The van der Waals surface area contributed by atoms with Crippen LogP contribution in [0.1, 0.15) is 29.8 Å². The number of ether oxygens (including phenoxy) is 1. The van der Waals surface area contributed by atoms with Gasteiger partial charge in [-0.15, -0.1) is 10.2 Å². The van der Waals surface area contributed by atoms with Crippen molar-refractivity contribution in [1.29, 1.82) is 0 Å². The summed E-state index contributed by atoms with van der Waals surface area (Å²) in [5.41, 5.74) is 8.78. The number of nitrogens with two attached hydrogens (primary N) is 1. The molecule has 1 aliphatic rings. The fourth-order valence-electron chi connectivity index (χ4n) is 3.05. The molecule has 0 unspecified atom stereocenters. The first-order valence-corrected chi connectivity index (χ1v) is 9.77. The van der Waals surface area contributed by atoms with Crippen LogP contribution in [-0.4, -0.2) is 39.1 Å². The SMILES string of the molecule is Cc1ccc(NCc2nnc(SCC(N)=O)n2C[C@@H]2CCCO2)c(C)c1. The van der Waals surface area contributed by atoms with Gasteiger partial charge in [-0.05, 0) is 38.3 Å². The lowest BCUT2D eigenvalue weighted by molar-refractivity contribution is -0.115. The number of hydrogen-bond acceptors (Lipinski definition) is 6. The monoisotopic (exact) mass is 375 g/mol. The van der Waals surface area contributed by atoms with Gasteiger partial charge < -0.3 is 20.4 Å². The van der Waals surface area contributed by atoms with Crippen LogP contribution >= 0.6 is 11.8 Å². The van der Waals surface area contributed by atoms with E-state index in [0.717, 1.165) is 31.0 Å². The summed E-state index contributed by atoms with van der Waals surface area (Å²) in [6, 6.07) is 6.31. The van der Waals surface area contributed by atoms with Gasteiger partial charge in [-0.25, -0.2) is 0 Å². The third kappa shape index (κ3) is 4.76. The summed E-state index contributed by atoms with van der Waals surface area (Å²) in [4.78, 5) is 11.1. The number of benzene rings is 1. The molecule has 0 saturated carbocycles. The molecule has 3 N–H and O–H groups in total. The molecule has 0 spiro atoms. The standard InChI is InChI=1S/C18H25N5O2S/c1-12-5-6-15(13(2)8-12)20-9-17-21-22-18(26-11-16(19)24)23(17)10-14-4-3-7-25-14/h5-6,8,14,20H,3-4,7,9-11H2,1-2H3,(H2,19,24)/t14-/m0/s1. The molecule has 1 aromatic heterocycles. The van der Waals surface area contributed by atoms with Crippen molar-refractivity contribution in [1.82, 2.24) is 14.8 Å². The van der Waals surface area contributed by atoms with E-state index in [9.17, 15) is 4.79 Å². The Kier molecular flexibility index (Phi) is 6.16. The van der Waals surface area contributed by atoms with E-state index in [0.29, 0.717) is 18.2 Å². The fraction of sp³-hybridized carbons (Fsp3) is 0.500. The van der Waals surface area contributed by atoms with Crippen LogP contribution in [0, 0.1) is 13.8 Å². The van der Waals surface area contributed by atoms with Gasteiger partial charge in [0.1, 0.15) is 0 Å². The number of anilines is 1. The highest BCUT2D eigenvalue weighted by atomic mass is 32.2. The normalized spacial score (nSPS) is 16.8. The number of nitrogens with one attached hydrogen (secondary N) is 1. The van der Waals surface area contributed by atoms with Crippen molar-refractivity contribution < 1.29 is 9.53 Å². The molecule has 26 heavy (non-hydrogen) atoms. The molecule has 2 aromatic rings. The van der Waals surface area contributed by atoms with Crippen LogP contribution in [0.2, 0.25) is 0 Å². The van der Waals surface area contributed by atoms with Crippen molar-refractivity contribution in [3.63, 3.8) is 0 Å². The molecule has 1 fully saturated rings. The zero-order valence-corrected chi connectivity index (χ0v) is 16.0. The number of rotatable bonds is 8. The van der Waals surface area contributed by atoms with Crippen LogP contribution in [0.4, 0.5) is 5.69 Å². The molecule has 0 radical (unpaired) electrons. The smallest absolute Gasteiger partial charge is 0.227 e. The summed E-state index contributed by atoms with van der Waals surface area (Å²) >= 11 is 1.32.